The van der Waals surface area contributed by atoms with Gasteiger partial charge in [-0.15, -0.1) is 0 Å². The van der Waals surface area contributed by atoms with Crippen LogP contribution >= 0.6 is 0 Å². The summed E-state index contributed by atoms with van der Waals surface area (Å²) in [7, 11) is 0. The monoisotopic (exact) mass is 281 g/mol. The number of hydrogen-bond acceptors (Lipinski definition) is 4. The van der Waals surface area contributed by atoms with Gasteiger partial charge in [-0.2, -0.15) is 5.10 Å². The Hall–Kier alpha value is -2.47. The van der Waals surface area contributed by atoms with E-state index in [1.807, 2.05) is 37.3 Å². The Morgan fingerprint density at radius 2 is 2.10 bits per heavy atom. The van der Waals surface area contributed by atoms with Gasteiger partial charge < -0.3 is 5.32 Å². The van der Waals surface area contributed by atoms with Gasteiger partial charge >= 0.3 is 0 Å². The second-order valence-corrected chi connectivity index (χ2v) is 5.23. The fourth-order valence-corrected chi connectivity index (χ4v) is 2.81. The largest absolute Gasteiger partial charge is 0.306 e. The zero-order valence-electron chi connectivity index (χ0n) is 11.7. The zero-order chi connectivity index (χ0) is 14.4. The van der Waals surface area contributed by atoms with E-state index in [2.05, 4.69) is 10.4 Å². The Morgan fingerprint density at radius 1 is 1.29 bits per heavy atom. The molecule has 0 radical (unpaired) electrons. The van der Waals surface area contributed by atoms with Crippen molar-refractivity contribution >= 4 is 11.0 Å². The molecule has 1 aromatic carbocycles. The lowest BCUT2D eigenvalue weighted by Crippen LogP contribution is -2.39. The zero-order valence-corrected chi connectivity index (χ0v) is 11.7. The molecule has 21 heavy (non-hydrogen) atoms. The van der Waals surface area contributed by atoms with Crippen LogP contribution in [0, 0.1) is 0 Å². The predicted molar refractivity (Wildman–Crippen MR) is 79.5 cm³/mol. The molecule has 3 aromatic rings. The number of benzene rings is 1. The summed E-state index contributed by atoms with van der Waals surface area (Å²) in [5.74, 6) is 0.774. The maximum absolute atomic E-state index is 12.6. The molecular weight excluding hydrogens is 266 g/mol. The molecular formula is C15H15N5O. The number of nitrogens with one attached hydrogen (secondary N) is 1. The van der Waals surface area contributed by atoms with Crippen molar-refractivity contribution in [2.75, 3.05) is 6.54 Å². The van der Waals surface area contributed by atoms with Crippen molar-refractivity contribution in [2.24, 2.45) is 0 Å². The van der Waals surface area contributed by atoms with Crippen molar-refractivity contribution in [3.05, 3.63) is 52.7 Å². The van der Waals surface area contributed by atoms with E-state index in [0.29, 0.717) is 17.6 Å². The van der Waals surface area contributed by atoms with E-state index in [-0.39, 0.29) is 11.6 Å². The van der Waals surface area contributed by atoms with Gasteiger partial charge in [0.1, 0.15) is 11.2 Å². The van der Waals surface area contributed by atoms with Crippen molar-refractivity contribution in [3.63, 3.8) is 0 Å². The lowest BCUT2D eigenvalue weighted by atomic mass is 10.2. The molecule has 4 rings (SSSR count). The molecule has 1 N–H and O–H groups in total. The first-order chi connectivity index (χ1) is 10.3. The van der Waals surface area contributed by atoms with Crippen molar-refractivity contribution < 1.29 is 0 Å². The highest BCUT2D eigenvalue weighted by Crippen LogP contribution is 2.18. The second kappa shape index (κ2) is 4.53. The van der Waals surface area contributed by atoms with Gasteiger partial charge in [0.05, 0.1) is 17.9 Å². The Balaban J connectivity index is 2.03. The summed E-state index contributed by atoms with van der Waals surface area (Å²) in [4.78, 5) is 17.3. The molecule has 1 unspecified atom stereocenters. The van der Waals surface area contributed by atoms with Crippen LogP contribution in [-0.4, -0.2) is 25.9 Å². The van der Waals surface area contributed by atoms with Gasteiger partial charge in [0, 0.05) is 13.1 Å². The molecule has 0 saturated heterocycles. The Morgan fingerprint density at radius 3 is 2.90 bits per heavy atom. The first-order valence-corrected chi connectivity index (χ1v) is 7.03. The summed E-state index contributed by atoms with van der Waals surface area (Å²) in [5, 5.41) is 8.24. The van der Waals surface area contributed by atoms with Crippen LogP contribution in [-0.2, 0) is 6.54 Å². The molecule has 0 spiro atoms. The van der Waals surface area contributed by atoms with Crippen LogP contribution < -0.4 is 10.9 Å². The standard InChI is InChI=1S/C15H15N5O/c1-10-13-18-14-12(15(21)19(13)8-7-16-10)9-17-20(14)11-5-3-2-4-6-11/h2-6,9-10,16H,7-8H2,1H3. The van der Waals surface area contributed by atoms with E-state index < -0.39 is 0 Å². The SMILES string of the molecule is CC1NCCn2c1nc1c(cnn1-c1ccccc1)c2=O. The molecule has 2 aromatic heterocycles. The Labute approximate surface area is 121 Å². The lowest BCUT2D eigenvalue weighted by molar-refractivity contribution is 0.422. The van der Waals surface area contributed by atoms with Crippen molar-refractivity contribution in [1.82, 2.24) is 24.6 Å². The number of hydrogen-bond donors (Lipinski definition) is 1. The van der Waals surface area contributed by atoms with Crippen LogP contribution in [0.15, 0.2) is 41.3 Å². The molecule has 6 nitrogen and oxygen atoms in total. The van der Waals surface area contributed by atoms with Crippen molar-refractivity contribution in [2.45, 2.75) is 19.5 Å². The van der Waals surface area contributed by atoms with Crippen molar-refractivity contribution in [3.8, 4) is 5.69 Å². The fraction of sp³-hybridized carbons (Fsp3) is 0.267. The summed E-state index contributed by atoms with van der Waals surface area (Å²) < 4.78 is 3.47. The quantitative estimate of drug-likeness (QED) is 0.729. The number of nitrogens with zero attached hydrogens (tertiary/aromatic N) is 4. The third kappa shape index (κ3) is 1.80. The van der Waals surface area contributed by atoms with Gasteiger partial charge in [0.2, 0.25) is 0 Å². The molecule has 1 aliphatic rings. The summed E-state index contributed by atoms with van der Waals surface area (Å²) in [6, 6.07) is 9.80. The van der Waals surface area contributed by atoms with Crippen molar-refractivity contribution in [1.29, 1.82) is 0 Å². The van der Waals surface area contributed by atoms with E-state index in [1.165, 1.54) is 0 Å². The topological polar surface area (TPSA) is 64.7 Å². The van der Waals surface area contributed by atoms with Crippen LogP contribution in [0.5, 0.6) is 0 Å². The lowest BCUT2D eigenvalue weighted by Gasteiger charge is -2.24. The highest BCUT2D eigenvalue weighted by Gasteiger charge is 2.22. The minimum Gasteiger partial charge on any atom is -0.306 e. The summed E-state index contributed by atoms with van der Waals surface area (Å²) in [6.07, 6.45) is 1.61. The van der Waals surface area contributed by atoms with Crippen LogP contribution in [0.3, 0.4) is 0 Å². The summed E-state index contributed by atoms with van der Waals surface area (Å²) in [5.41, 5.74) is 1.51. The normalized spacial score (nSPS) is 17.9. The Kier molecular flexibility index (Phi) is 2.65. The maximum Gasteiger partial charge on any atom is 0.264 e. The molecule has 3 heterocycles. The molecule has 1 atom stereocenters. The highest BCUT2D eigenvalue weighted by atomic mass is 16.1. The van der Waals surface area contributed by atoms with Gasteiger partial charge in [-0.05, 0) is 19.1 Å². The van der Waals surface area contributed by atoms with E-state index in [4.69, 9.17) is 4.98 Å². The van der Waals surface area contributed by atoms with Crippen LogP contribution in [0.25, 0.3) is 16.7 Å². The van der Waals surface area contributed by atoms with Gasteiger partial charge in [-0.3, -0.25) is 9.36 Å². The van der Waals surface area contributed by atoms with Gasteiger partial charge in [-0.25, -0.2) is 9.67 Å². The number of aromatic nitrogens is 4. The molecule has 106 valence electrons. The average molecular weight is 281 g/mol. The minimum absolute atomic E-state index is 0.00877. The van der Waals surface area contributed by atoms with E-state index in [9.17, 15) is 4.79 Å². The summed E-state index contributed by atoms with van der Waals surface area (Å²) in [6.45, 7) is 3.46. The second-order valence-electron chi connectivity index (χ2n) is 5.23. The fourth-order valence-electron chi connectivity index (χ4n) is 2.81. The first-order valence-electron chi connectivity index (χ1n) is 7.03. The molecule has 0 bridgehead atoms. The molecule has 6 heteroatoms. The molecule has 0 saturated carbocycles. The minimum atomic E-state index is -0.00877. The van der Waals surface area contributed by atoms with Crippen LogP contribution in [0.4, 0.5) is 0 Å². The number of fused-ring (bicyclic) bond motifs is 2. The highest BCUT2D eigenvalue weighted by molar-refractivity contribution is 5.75. The van der Waals surface area contributed by atoms with E-state index in [0.717, 1.165) is 18.1 Å². The number of rotatable bonds is 1. The van der Waals surface area contributed by atoms with Gasteiger partial charge in [-0.1, -0.05) is 18.2 Å². The predicted octanol–water partition coefficient (Wildman–Crippen LogP) is 1.25. The smallest absolute Gasteiger partial charge is 0.264 e. The first kappa shape index (κ1) is 12.3. The average Bonchev–Trinajstić information content (AvgIpc) is 2.94. The third-order valence-corrected chi connectivity index (χ3v) is 3.89. The third-order valence-electron chi connectivity index (χ3n) is 3.89. The molecule has 1 aliphatic heterocycles. The van der Waals surface area contributed by atoms with Gasteiger partial charge in [0.25, 0.3) is 5.56 Å². The van der Waals surface area contributed by atoms with Crippen LogP contribution in [0.1, 0.15) is 18.8 Å². The molecule has 0 aliphatic carbocycles. The number of para-hydroxylation sites is 1. The maximum atomic E-state index is 12.6. The Bertz CT molecular complexity index is 865. The molecule has 0 amide bonds. The molecule has 0 fully saturated rings. The van der Waals surface area contributed by atoms with Crippen LogP contribution in [0.2, 0.25) is 0 Å². The van der Waals surface area contributed by atoms with E-state index in [1.54, 1.807) is 15.4 Å². The summed E-state index contributed by atoms with van der Waals surface area (Å²) >= 11 is 0. The van der Waals surface area contributed by atoms with E-state index >= 15 is 0 Å². The van der Waals surface area contributed by atoms with Gasteiger partial charge in [0.15, 0.2) is 5.65 Å².